The Morgan fingerprint density at radius 2 is 1.68 bits per heavy atom. The van der Waals surface area contributed by atoms with E-state index in [4.69, 9.17) is 20.2 Å². The minimum Gasteiger partial charge on any atom is -0.497 e. The van der Waals surface area contributed by atoms with Crippen molar-refractivity contribution in [3.8, 4) is 11.5 Å². The van der Waals surface area contributed by atoms with E-state index in [9.17, 15) is 9.59 Å². The molecule has 1 atom stereocenters. The number of nitrogens with two attached hydrogens (primary N) is 1. The molecular formula is C31H28N6O4. The Balaban J connectivity index is 1.32. The van der Waals surface area contributed by atoms with Crippen molar-refractivity contribution in [1.82, 2.24) is 9.88 Å². The van der Waals surface area contributed by atoms with Gasteiger partial charge >= 0.3 is 0 Å². The first kappa shape index (κ1) is 26.0. The molecule has 0 fully saturated rings. The third-order valence-corrected chi connectivity index (χ3v) is 7.32. The Hall–Kier alpha value is -5.25. The van der Waals surface area contributed by atoms with Crippen LogP contribution >= 0.6 is 0 Å². The first-order valence-electron chi connectivity index (χ1n) is 13.2. The summed E-state index contributed by atoms with van der Waals surface area (Å²) in [6.45, 7) is 0.541. The van der Waals surface area contributed by atoms with Crippen LogP contribution in [0.5, 0.6) is 11.5 Å². The van der Waals surface area contributed by atoms with E-state index in [1.165, 1.54) is 4.90 Å². The number of nitrogen functional groups attached to an aromatic ring is 1. The monoisotopic (exact) mass is 548 g/mol. The number of imide groups is 1. The zero-order valence-corrected chi connectivity index (χ0v) is 22.7. The van der Waals surface area contributed by atoms with E-state index in [1.807, 2.05) is 30.4 Å². The van der Waals surface area contributed by atoms with Crippen LogP contribution in [0.4, 0.5) is 11.5 Å². The van der Waals surface area contributed by atoms with Gasteiger partial charge in [-0.1, -0.05) is 12.1 Å². The second kappa shape index (κ2) is 10.7. The molecule has 10 nitrogen and oxygen atoms in total. The number of pyridine rings is 1. The molecule has 1 aromatic heterocycles. The smallest absolute Gasteiger partial charge is 0.261 e. The van der Waals surface area contributed by atoms with Crippen molar-refractivity contribution in [3.63, 3.8) is 0 Å². The van der Waals surface area contributed by atoms with Crippen molar-refractivity contribution in [2.75, 3.05) is 37.9 Å². The van der Waals surface area contributed by atoms with Crippen LogP contribution in [-0.2, 0) is 0 Å². The van der Waals surface area contributed by atoms with Gasteiger partial charge in [-0.25, -0.2) is 4.98 Å². The molecular weight excluding hydrogens is 520 g/mol. The SMILES string of the molecule is COc1cc(OC)cc(N(CCN2C(=O)c3ccccc3C2=O)C2=CC=C3N=CC(c4ccc(N)nc4)=NC3C2)c1. The Kier molecular flexibility index (Phi) is 6.80. The predicted octanol–water partition coefficient (Wildman–Crippen LogP) is 3.90. The summed E-state index contributed by atoms with van der Waals surface area (Å²) in [4.78, 5) is 43.3. The molecule has 0 saturated carbocycles. The molecule has 2 amide bonds. The van der Waals surface area contributed by atoms with Gasteiger partial charge in [-0.3, -0.25) is 24.5 Å². The Labute approximate surface area is 237 Å². The lowest BCUT2D eigenvalue weighted by Gasteiger charge is -2.33. The van der Waals surface area contributed by atoms with E-state index in [2.05, 4.69) is 14.9 Å². The number of hydrogen-bond donors (Lipinski definition) is 1. The summed E-state index contributed by atoms with van der Waals surface area (Å²) in [5.74, 6) is 1.10. The van der Waals surface area contributed by atoms with Gasteiger partial charge in [0, 0.05) is 60.9 Å². The van der Waals surface area contributed by atoms with Crippen LogP contribution in [0.3, 0.4) is 0 Å². The number of hydrogen-bond acceptors (Lipinski definition) is 9. The van der Waals surface area contributed by atoms with Crippen molar-refractivity contribution in [2.24, 2.45) is 9.98 Å². The van der Waals surface area contributed by atoms with E-state index in [1.54, 1.807) is 63.0 Å². The van der Waals surface area contributed by atoms with Crippen LogP contribution in [0.15, 0.2) is 94.3 Å². The Bertz CT molecular complexity index is 1600. The number of amides is 2. The quantitative estimate of drug-likeness (QED) is 0.424. The van der Waals surface area contributed by atoms with Gasteiger partial charge in [0.2, 0.25) is 0 Å². The molecule has 0 saturated heterocycles. The predicted molar refractivity (Wildman–Crippen MR) is 157 cm³/mol. The minimum atomic E-state index is -0.290. The molecule has 2 N–H and O–H groups in total. The lowest BCUT2D eigenvalue weighted by atomic mass is 9.99. The van der Waals surface area contributed by atoms with E-state index >= 15 is 0 Å². The number of carbonyl (C=O) groups excluding carboxylic acids is 2. The topological polar surface area (TPSA) is 123 Å². The number of anilines is 2. The first-order valence-corrected chi connectivity index (χ1v) is 13.2. The van der Waals surface area contributed by atoms with Gasteiger partial charge in [0.1, 0.15) is 17.3 Å². The van der Waals surface area contributed by atoms with Crippen LogP contribution in [0.1, 0.15) is 32.7 Å². The molecule has 206 valence electrons. The normalized spacial score (nSPS) is 17.4. The van der Waals surface area contributed by atoms with Gasteiger partial charge in [-0.2, -0.15) is 0 Å². The maximum atomic E-state index is 13.1. The number of methoxy groups -OCH3 is 2. The van der Waals surface area contributed by atoms with Crippen LogP contribution in [0.25, 0.3) is 0 Å². The highest BCUT2D eigenvalue weighted by atomic mass is 16.5. The summed E-state index contributed by atoms with van der Waals surface area (Å²) < 4.78 is 11.1. The average molecular weight is 549 g/mol. The molecule has 10 heteroatoms. The molecule has 2 aliphatic heterocycles. The zero-order chi connectivity index (χ0) is 28.5. The number of carbonyl (C=O) groups is 2. The maximum absolute atomic E-state index is 13.1. The van der Waals surface area contributed by atoms with Gasteiger partial charge in [-0.15, -0.1) is 0 Å². The second-order valence-electron chi connectivity index (χ2n) is 9.74. The van der Waals surface area contributed by atoms with Gasteiger partial charge in [0.25, 0.3) is 11.8 Å². The Morgan fingerprint density at radius 1 is 0.976 bits per heavy atom. The maximum Gasteiger partial charge on any atom is 0.261 e. The van der Waals surface area contributed by atoms with Gasteiger partial charge < -0.3 is 20.1 Å². The summed E-state index contributed by atoms with van der Waals surface area (Å²) in [6.07, 6.45) is 7.93. The molecule has 41 heavy (non-hydrogen) atoms. The molecule has 0 radical (unpaired) electrons. The fourth-order valence-electron chi connectivity index (χ4n) is 5.18. The first-order chi connectivity index (χ1) is 19.9. The zero-order valence-electron chi connectivity index (χ0n) is 22.7. The molecule has 3 aliphatic rings. The molecule has 0 spiro atoms. The number of aliphatic imine (C=N–C) groups is 2. The summed E-state index contributed by atoms with van der Waals surface area (Å²) in [5.41, 5.74) is 10.8. The largest absolute Gasteiger partial charge is 0.497 e. The molecule has 1 unspecified atom stereocenters. The van der Waals surface area contributed by atoms with Crippen molar-refractivity contribution >= 4 is 35.2 Å². The number of rotatable bonds is 8. The highest BCUT2D eigenvalue weighted by molar-refractivity contribution is 6.38. The average Bonchev–Trinajstić information content (AvgIpc) is 3.25. The minimum absolute atomic E-state index is 0.189. The van der Waals surface area contributed by atoms with Gasteiger partial charge in [-0.05, 0) is 36.4 Å². The van der Waals surface area contributed by atoms with Crippen molar-refractivity contribution in [2.45, 2.75) is 12.5 Å². The summed E-state index contributed by atoms with van der Waals surface area (Å²) in [5, 5.41) is 0. The standard InChI is InChI=1S/C31H28N6O4/c1-40-22-13-21(14-23(16-22)41-2)36(11-12-37-30(38)24-5-3-4-6-25(24)31(37)39)20-8-9-26-27(15-20)35-28(18-33-26)19-7-10-29(32)34-17-19/h3-10,13-14,16-18,27H,11-12,15H2,1-2H3,(H2,32,34). The van der Waals surface area contributed by atoms with E-state index in [-0.39, 0.29) is 24.4 Å². The molecule has 0 bridgehead atoms. The molecule has 1 aliphatic carbocycles. The highest BCUT2D eigenvalue weighted by Gasteiger charge is 2.35. The van der Waals surface area contributed by atoms with Gasteiger partial charge in [0.05, 0.1) is 49.0 Å². The summed E-state index contributed by atoms with van der Waals surface area (Å²) in [6, 6.07) is 15.9. The fourth-order valence-corrected chi connectivity index (χ4v) is 5.18. The number of benzene rings is 2. The number of ether oxygens (including phenoxy) is 2. The van der Waals surface area contributed by atoms with Crippen molar-refractivity contribution < 1.29 is 19.1 Å². The van der Waals surface area contributed by atoms with E-state index in [0.717, 1.165) is 28.4 Å². The number of aromatic nitrogens is 1. The van der Waals surface area contributed by atoms with Crippen LogP contribution in [0.2, 0.25) is 0 Å². The van der Waals surface area contributed by atoms with Crippen molar-refractivity contribution in [1.29, 1.82) is 0 Å². The lowest BCUT2D eigenvalue weighted by Crippen LogP contribution is -2.39. The third-order valence-electron chi connectivity index (χ3n) is 7.32. The van der Waals surface area contributed by atoms with Crippen molar-refractivity contribution in [3.05, 3.63) is 101 Å². The van der Waals surface area contributed by atoms with E-state index < -0.39 is 0 Å². The third kappa shape index (κ3) is 4.95. The summed E-state index contributed by atoms with van der Waals surface area (Å²) >= 11 is 0. The molecule has 2 aromatic carbocycles. The molecule has 3 heterocycles. The number of allylic oxidation sites excluding steroid dienone is 2. The lowest BCUT2D eigenvalue weighted by molar-refractivity contribution is 0.0658. The Morgan fingerprint density at radius 3 is 2.32 bits per heavy atom. The molecule has 3 aromatic rings. The molecule has 6 rings (SSSR count). The number of fused-ring (bicyclic) bond motifs is 2. The highest BCUT2D eigenvalue weighted by Crippen LogP contribution is 2.35. The van der Waals surface area contributed by atoms with Gasteiger partial charge in [0.15, 0.2) is 0 Å². The number of nitrogens with zero attached hydrogens (tertiary/aromatic N) is 5. The summed E-state index contributed by atoms with van der Waals surface area (Å²) in [7, 11) is 3.19. The van der Waals surface area contributed by atoms with Crippen LogP contribution < -0.4 is 20.1 Å². The second-order valence-corrected chi connectivity index (χ2v) is 9.74. The van der Waals surface area contributed by atoms with E-state index in [0.29, 0.717) is 41.4 Å². The fraction of sp³-hybridized carbons (Fsp3) is 0.194. The van der Waals surface area contributed by atoms with Crippen LogP contribution in [0, 0.1) is 0 Å². The van der Waals surface area contributed by atoms with Crippen LogP contribution in [-0.4, -0.2) is 67.0 Å².